The molecule has 0 N–H and O–H groups in total. The van der Waals surface area contributed by atoms with E-state index >= 15 is 0 Å². The number of benzene rings is 1. The number of likely N-dealkylation sites (N-methyl/N-ethyl adjacent to an activating group) is 1. The van der Waals surface area contributed by atoms with Gasteiger partial charge in [-0.3, -0.25) is 4.79 Å². The van der Waals surface area contributed by atoms with Crippen molar-refractivity contribution in [2.45, 2.75) is 14.4 Å². The van der Waals surface area contributed by atoms with Gasteiger partial charge in [0.2, 0.25) is 0 Å². The van der Waals surface area contributed by atoms with Crippen LogP contribution in [0.4, 0.5) is 0 Å². The Kier molecular flexibility index (Phi) is 3.30. The van der Waals surface area contributed by atoms with E-state index in [4.69, 9.17) is 0 Å². The van der Waals surface area contributed by atoms with E-state index in [1.54, 1.807) is 4.90 Å². The highest BCUT2D eigenvalue weighted by atomic mass is 16.2. The zero-order chi connectivity index (χ0) is 10.1. The lowest BCUT2D eigenvalue weighted by atomic mass is 10.0. The lowest BCUT2D eigenvalue weighted by Gasteiger charge is -2.13. The van der Waals surface area contributed by atoms with Crippen LogP contribution in [0.2, 0.25) is 0 Å². The third-order valence-electron chi connectivity index (χ3n) is 2.46. The van der Waals surface area contributed by atoms with Crippen LogP contribution in [-0.2, 0) is 0 Å². The molecule has 1 amide bonds. The summed E-state index contributed by atoms with van der Waals surface area (Å²) >= 11 is 0. The molecule has 0 aliphatic carbocycles. The topological polar surface area (TPSA) is 20.3 Å². The number of fused-ring (bicyclic) bond motifs is 1. The lowest BCUT2D eigenvalue weighted by Crippen LogP contribution is -2.26. The summed E-state index contributed by atoms with van der Waals surface area (Å²) in [5.74, 6) is 0.102. The first-order chi connectivity index (χ1) is 6.68. The van der Waals surface area contributed by atoms with Crippen molar-refractivity contribution in [3.63, 3.8) is 0 Å². The Morgan fingerprint density at radius 1 is 1.33 bits per heavy atom. The van der Waals surface area contributed by atoms with Gasteiger partial charge in [0.25, 0.3) is 5.91 Å². The van der Waals surface area contributed by atoms with Gasteiger partial charge in [-0.25, -0.2) is 0 Å². The highest BCUT2D eigenvalue weighted by molar-refractivity contribution is 5.98. The van der Waals surface area contributed by atoms with Crippen LogP contribution in [0.1, 0.15) is 28.9 Å². The van der Waals surface area contributed by atoms with Crippen molar-refractivity contribution in [1.82, 2.24) is 4.90 Å². The van der Waals surface area contributed by atoms with Gasteiger partial charge in [-0.1, -0.05) is 37.3 Å². The fourth-order valence-corrected chi connectivity index (χ4v) is 1.64. The van der Waals surface area contributed by atoms with Crippen LogP contribution < -0.4 is 0 Å². The highest BCUT2D eigenvalue weighted by Gasteiger charge is 2.15. The number of amides is 1. The predicted molar refractivity (Wildman–Crippen MR) is 63.9 cm³/mol. The molecule has 80 valence electrons. The van der Waals surface area contributed by atoms with Crippen LogP contribution in [0.5, 0.6) is 0 Å². The average molecular weight is 203 g/mol. The van der Waals surface area contributed by atoms with Gasteiger partial charge < -0.3 is 4.90 Å². The van der Waals surface area contributed by atoms with Crippen molar-refractivity contribution in [1.29, 1.82) is 0 Å². The van der Waals surface area contributed by atoms with Crippen LogP contribution in [0.3, 0.4) is 0 Å². The molecule has 1 aromatic carbocycles. The molecule has 15 heavy (non-hydrogen) atoms. The molecule has 0 bridgehead atoms. The molecule has 0 saturated carbocycles. The molecule has 1 aliphatic heterocycles. The lowest BCUT2D eigenvalue weighted by molar-refractivity contribution is 0.0811. The molecule has 0 aromatic heterocycles. The van der Waals surface area contributed by atoms with Crippen molar-refractivity contribution >= 4 is 12.0 Å². The van der Waals surface area contributed by atoms with Gasteiger partial charge in [-0.2, -0.15) is 0 Å². The molecule has 0 spiro atoms. The summed E-state index contributed by atoms with van der Waals surface area (Å²) in [5, 5.41) is 0. The maximum atomic E-state index is 11.8. The van der Waals surface area contributed by atoms with Gasteiger partial charge in [0.1, 0.15) is 0 Å². The first kappa shape index (κ1) is 11.5. The van der Waals surface area contributed by atoms with Gasteiger partial charge in [0.05, 0.1) is 0 Å². The number of carbonyl (C=O) groups excluding carboxylic acids is 1. The first-order valence-corrected chi connectivity index (χ1v) is 4.71. The average Bonchev–Trinajstić information content (AvgIpc) is 2.28. The molecular formula is C13H17NO. The minimum atomic E-state index is 0. The fraction of sp³-hybridized carbons (Fsp3) is 0.308. The molecule has 0 atom stereocenters. The number of nitrogens with zero attached hydrogens (tertiary/aromatic N) is 1. The SMILES string of the molecule is C.Cc1ccc2c(c1)C=CCN(C)C2=O. The standard InChI is InChI=1S/C12H13NO.CH4/c1-9-5-6-11-10(8-9)4-3-7-13(2)12(11)14;/h3-6,8H,7H2,1-2H3;1H4. The Morgan fingerprint density at radius 2 is 2.07 bits per heavy atom. The van der Waals surface area contributed by atoms with Gasteiger partial charge >= 0.3 is 0 Å². The van der Waals surface area contributed by atoms with E-state index in [9.17, 15) is 4.79 Å². The molecule has 1 aliphatic rings. The molecule has 1 aromatic rings. The summed E-state index contributed by atoms with van der Waals surface area (Å²) in [4.78, 5) is 13.6. The molecule has 2 nitrogen and oxygen atoms in total. The zero-order valence-corrected chi connectivity index (χ0v) is 8.45. The Morgan fingerprint density at radius 3 is 2.80 bits per heavy atom. The Labute approximate surface area is 91.2 Å². The Bertz CT molecular complexity index is 407. The number of hydrogen-bond acceptors (Lipinski definition) is 1. The Balaban J connectivity index is 0.00000112. The van der Waals surface area contributed by atoms with Crippen molar-refractivity contribution in [3.05, 3.63) is 41.0 Å². The van der Waals surface area contributed by atoms with E-state index in [-0.39, 0.29) is 13.3 Å². The van der Waals surface area contributed by atoms with E-state index < -0.39 is 0 Å². The van der Waals surface area contributed by atoms with Crippen molar-refractivity contribution < 1.29 is 4.79 Å². The monoisotopic (exact) mass is 203 g/mol. The summed E-state index contributed by atoms with van der Waals surface area (Å²) in [7, 11) is 1.82. The van der Waals surface area contributed by atoms with E-state index in [1.807, 2.05) is 44.3 Å². The van der Waals surface area contributed by atoms with E-state index in [1.165, 1.54) is 5.56 Å². The third-order valence-corrected chi connectivity index (χ3v) is 2.46. The minimum Gasteiger partial charge on any atom is -0.338 e. The molecule has 0 radical (unpaired) electrons. The highest BCUT2D eigenvalue weighted by Crippen LogP contribution is 2.17. The summed E-state index contributed by atoms with van der Waals surface area (Å²) < 4.78 is 0. The largest absolute Gasteiger partial charge is 0.338 e. The van der Waals surface area contributed by atoms with Crippen molar-refractivity contribution in [2.24, 2.45) is 0 Å². The minimum absolute atomic E-state index is 0. The number of hydrogen-bond donors (Lipinski definition) is 0. The smallest absolute Gasteiger partial charge is 0.254 e. The summed E-state index contributed by atoms with van der Waals surface area (Å²) in [6, 6.07) is 5.92. The fourth-order valence-electron chi connectivity index (χ4n) is 1.64. The van der Waals surface area contributed by atoms with Gasteiger partial charge in [-0.15, -0.1) is 0 Å². The summed E-state index contributed by atoms with van der Waals surface area (Å²) in [6.07, 6.45) is 4.03. The van der Waals surface area contributed by atoms with Gasteiger partial charge in [0.15, 0.2) is 0 Å². The van der Waals surface area contributed by atoms with Crippen LogP contribution in [0, 0.1) is 6.92 Å². The number of carbonyl (C=O) groups is 1. The first-order valence-electron chi connectivity index (χ1n) is 4.71. The third kappa shape index (κ3) is 2.09. The Hall–Kier alpha value is -1.57. The number of rotatable bonds is 0. The van der Waals surface area contributed by atoms with Gasteiger partial charge in [-0.05, 0) is 18.6 Å². The van der Waals surface area contributed by atoms with Crippen LogP contribution >= 0.6 is 0 Å². The molecule has 2 heteroatoms. The molecule has 0 saturated heterocycles. The molecule has 0 unspecified atom stereocenters. The van der Waals surface area contributed by atoms with E-state index in [0.29, 0.717) is 6.54 Å². The predicted octanol–water partition coefficient (Wildman–Crippen LogP) is 2.73. The van der Waals surface area contributed by atoms with E-state index in [0.717, 1.165) is 11.1 Å². The molecule has 1 heterocycles. The molecule has 0 fully saturated rings. The van der Waals surface area contributed by atoms with E-state index in [2.05, 4.69) is 0 Å². The van der Waals surface area contributed by atoms with Gasteiger partial charge in [0, 0.05) is 19.2 Å². The molecule has 2 rings (SSSR count). The molecular weight excluding hydrogens is 186 g/mol. The normalized spacial score (nSPS) is 14.3. The summed E-state index contributed by atoms with van der Waals surface area (Å²) in [6.45, 7) is 2.72. The second-order valence-electron chi connectivity index (χ2n) is 3.68. The number of aryl methyl sites for hydroxylation is 1. The zero-order valence-electron chi connectivity index (χ0n) is 8.45. The quantitative estimate of drug-likeness (QED) is 0.635. The van der Waals surface area contributed by atoms with Crippen LogP contribution in [0.25, 0.3) is 6.08 Å². The maximum Gasteiger partial charge on any atom is 0.254 e. The second kappa shape index (κ2) is 4.30. The summed E-state index contributed by atoms with van der Waals surface area (Å²) in [5.41, 5.74) is 3.01. The van der Waals surface area contributed by atoms with Crippen LogP contribution in [0.15, 0.2) is 24.3 Å². The maximum absolute atomic E-state index is 11.8. The van der Waals surface area contributed by atoms with Crippen molar-refractivity contribution in [3.8, 4) is 0 Å². The van der Waals surface area contributed by atoms with Crippen LogP contribution in [-0.4, -0.2) is 24.4 Å². The second-order valence-corrected chi connectivity index (χ2v) is 3.68. The van der Waals surface area contributed by atoms with Crippen molar-refractivity contribution in [2.75, 3.05) is 13.6 Å².